The molecule has 0 amide bonds. The number of sulfonamides is 1. The summed E-state index contributed by atoms with van der Waals surface area (Å²) >= 11 is 1.21. The number of aromatic nitrogens is 1. The topological polar surface area (TPSA) is 59.1 Å². The van der Waals surface area contributed by atoms with Crippen LogP contribution >= 0.6 is 11.3 Å². The number of nitrogens with zero attached hydrogens (tertiary/aromatic N) is 1. The van der Waals surface area contributed by atoms with Crippen LogP contribution in [0.5, 0.6) is 0 Å². The van der Waals surface area contributed by atoms with Gasteiger partial charge in [0.05, 0.1) is 10.6 Å². The van der Waals surface area contributed by atoms with Gasteiger partial charge in [-0.25, -0.2) is 17.8 Å². The number of nitrogens with one attached hydrogen (secondary N) is 1. The predicted octanol–water partition coefficient (Wildman–Crippen LogP) is 4.95. The fraction of sp³-hybridized carbons (Fsp3) is 0.211. The number of benzene rings is 2. The summed E-state index contributed by atoms with van der Waals surface area (Å²) in [4.78, 5) is 4.35. The first-order valence-corrected chi connectivity index (χ1v) is 10.5. The van der Waals surface area contributed by atoms with E-state index in [-0.39, 0.29) is 10.0 Å². The molecule has 136 valence electrons. The van der Waals surface area contributed by atoms with E-state index in [0.29, 0.717) is 11.6 Å². The van der Waals surface area contributed by atoms with Crippen LogP contribution in [0.1, 0.15) is 19.4 Å². The van der Waals surface area contributed by atoms with Gasteiger partial charge in [0.25, 0.3) is 10.0 Å². The molecule has 0 fully saturated rings. The van der Waals surface area contributed by atoms with Crippen LogP contribution in [0, 0.1) is 11.7 Å². The maximum absolute atomic E-state index is 13.0. The summed E-state index contributed by atoms with van der Waals surface area (Å²) in [5.41, 5.74) is 2.90. The molecule has 0 radical (unpaired) electrons. The summed E-state index contributed by atoms with van der Waals surface area (Å²) in [6, 6.07) is 12.8. The Morgan fingerprint density at radius 2 is 1.73 bits per heavy atom. The largest absolute Gasteiger partial charge is 0.263 e. The fourth-order valence-corrected chi connectivity index (χ4v) is 4.50. The van der Waals surface area contributed by atoms with Gasteiger partial charge >= 0.3 is 0 Å². The smallest absolute Gasteiger partial charge is 0.255 e. The molecule has 4 nitrogen and oxygen atoms in total. The zero-order valence-corrected chi connectivity index (χ0v) is 16.1. The minimum atomic E-state index is -3.79. The fourth-order valence-electron chi connectivity index (χ4n) is 2.52. The first kappa shape index (κ1) is 18.5. The highest BCUT2D eigenvalue weighted by molar-refractivity contribution is 7.93. The summed E-state index contributed by atoms with van der Waals surface area (Å²) in [7, 11) is -3.79. The van der Waals surface area contributed by atoms with Gasteiger partial charge < -0.3 is 0 Å². The summed E-state index contributed by atoms with van der Waals surface area (Å²) in [6.07, 6.45) is 1.01. The van der Waals surface area contributed by atoms with E-state index in [4.69, 9.17) is 0 Å². The lowest BCUT2D eigenvalue weighted by atomic mass is 10.0. The van der Waals surface area contributed by atoms with E-state index in [1.807, 2.05) is 12.1 Å². The van der Waals surface area contributed by atoms with Crippen molar-refractivity contribution in [1.82, 2.24) is 4.98 Å². The first-order chi connectivity index (χ1) is 12.3. The molecule has 1 heterocycles. The second-order valence-corrected chi connectivity index (χ2v) is 8.93. The Hall–Kier alpha value is -2.25. The summed E-state index contributed by atoms with van der Waals surface area (Å²) in [5.74, 6) is 0.106. The first-order valence-electron chi connectivity index (χ1n) is 8.17. The molecule has 0 saturated heterocycles. The summed E-state index contributed by atoms with van der Waals surface area (Å²) in [5, 5.41) is 2.08. The lowest BCUT2D eigenvalue weighted by molar-refractivity contribution is 0.599. The van der Waals surface area contributed by atoms with Crippen molar-refractivity contribution in [2.24, 2.45) is 5.92 Å². The Morgan fingerprint density at radius 3 is 2.35 bits per heavy atom. The van der Waals surface area contributed by atoms with E-state index in [1.165, 1.54) is 29.0 Å². The Balaban J connectivity index is 1.76. The number of rotatable bonds is 6. The molecule has 2 aromatic carbocycles. The quantitative estimate of drug-likeness (QED) is 0.648. The van der Waals surface area contributed by atoms with Crippen LogP contribution in [-0.4, -0.2) is 13.4 Å². The SMILES string of the molecule is CC(C)Cc1ccc(-c2csc(NS(=O)(=O)c3ccc(F)cc3)n2)cc1. The molecule has 0 unspecified atom stereocenters. The van der Waals surface area contributed by atoms with Crippen molar-refractivity contribution >= 4 is 26.5 Å². The zero-order chi connectivity index (χ0) is 18.7. The van der Waals surface area contributed by atoms with Crippen molar-refractivity contribution in [3.8, 4) is 11.3 Å². The van der Waals surface area contributed by atoms with Crippen molar-refractivity contribution in [3.63, 3.8) is 0 Å². The second-order valence-electron chi connectivity index (χ2n) is 6.39. The van der Waals surface area contributed by atoms with Crippen molar-refractivity contribution in [2.45, 2.75) is 25.2 Å². The van der Waals surface area contributed by atoms with Gasteiger partial charge in [-0.3, -0.25) is 4.72 Å². The van der Waals surface area contributed by atoms with Crippen molar-refractivity contribution in [2.75, 3.05) is 4.72 Å². The van der Waals surface area contributed by atoms with Crippen molar-refractivity contribution in [1.29, 1.82) is 0 Å². The van der Waals surface area contributed by atoms with Crippen LogP contribution in [-0.2, 0) is 16.4 Å². The van der Waals surface area contributed by atoms with Gasteiger partial charge in [-0.1, -0.05) is 38.1 Å². The Kier molecular flexibility index (Phi) is 5.38. The van der Waals surface area contributed by atoms with Gasteiger partial charge in [0.1, 0.15) is 5.82 Å². The van der Waals surface area contributed by atoms with Crippen LogP contribution in [0.4, 0.5) is 9.52 Å². The van der Waals surface area contributed by atoms with E-state index in [1.54, 1.807) is 5.38 Å². The number of hydrogen-bond acceptors (Lipinski definition) is 4. The van der Waals surface area contributed by atoms with Gasteiger partial charge in [-0.05, 0) is 42.2 Å². The molecule has 0 spiro atoms. The third-order valence-corrected chi connectivity index (χ3v) is 5.99. The van der Waals surface area contributed by atoms with Crippen LogP contribution < -0.4 is 4.72 Å². The second kappa shape index (κ2) is 7.55. The normalized spacial score (nSPS) is 11.7. The minimum absolute atomic E-state index is 0.00584. The monoisotopic (exact) mass is 390 g/mol. The van der Waals surface area contributed by atoms with Crippen molar-refractivity contribution in [3.05, 3.63) is 65.3 Å². The Morgan fingerprint density at radius 1 is 1.08 bits per heavy atom. The summed E-state index contributed by atoms with van der Waals surface area (Å²) < 4.78 is 40.1. The zero-order valence-electron chi connectivity index (χ0n) is 14.4. The molecule has 0 atom stereocenters. The highest BCUT2D eigenvalue weighted by atomic mass is 32.2. The molecule has 0 aliphatic heterocycles. The van der Waals surface area contributed by atoms with Crippen LogP contribution in [0.25, 0.3) is 11.3 Å². The highest BCUT2D eigenvalue weighted by Crippen LogP contribution is 2.27. The van der Waals surface area contributed by atoms with Crippen LogP contribution in [0.3, 0.4) is 0 Å². The third kappa shape index (κ3) is 4.47. The molecule has 3 aromatic rings. The van der Waals surface area contributed by atoms with Gasteiger partial charge in [0.15, 0.2) is 5.13 Å². The van der Waals surface area contributed by atoms with Gasteiger partial charge in [-0.15, -0.1) is 11.3 Å². The average Bonchev–Trinajstić information content (AvgIpc) is 3.03. The molecule has 1 N–H and O–H groups in total. The van der Waals surface area contributed by atoms with E-state index in [0.717, 1.165) is 24.1 Å². The van der Waals surface area contributed by atoms with E-state index < -0.39 is 15.8 Å². The van der Waals surface area contributed by atoms with Crippen LogP contribution in [0.2, 0.25) is 0 Å². The maximum atomic E-state index is 13.0. The predicted molar refractivity (Wildman–Crippen MR) is 103 cm³/mol. The van der Waals surface area contributed by atoms with Crippen molar-refractivity contribution < 1.29 is 12.8 Å². The molecule has 0 bridgehead atoms. The molecule has 7 heteroatoms. The number of halogens is 1. The molecule has 0 aliphatic carbocycles. The third-order valence-electron chi connectivity index (χ3n) is 3.74. The summed E-state index contributed by atoms with van der Waals surface area (Å²) in [6.45, 7) is 4.35. The van der Waals surface area contributed by atoms with E-state index in [9.17, 15) is 12.8 Å². The molecular weight excluding hydrogens is 371 g/mol. The van der Waals surface area contributed by atoms with Gasteiger partial charge in [0, 0.05) is 10.9 Å². The number of anilines is 1. The standard InChI is InChI=1S/C19H19FN2O2S2/c1-13(2)11-14-3-5-15(6-4-14)18-12-25-19(21-18)22-26(23,24)17-9-7-16(20)8-10-17/h3-10,12-13H,11H2,1-2H3,(H,21,22). The van der Waals surface area contributed by atoms with Crippen LogP contribution in [0.15, 0.2) is 58.8 Å². The Bertz CT molecular complexity index is 979. The van der Waals surface area contributed by atoms with Gasteiger partial charge in [0.2, 0.25) is 0 Å². The van der Waals surface area contributed by atoms with Gasteiger partial charge in [-0.2, -0.15) is 0 Å². The minimum Gasteiger partial charge on any atom is -0.255 e. The molecule has 1 aromatic heterocycles. The van der Waals surface area contributed by atoms with E-state index >= 15 is 0 Å². The lowest BCUT2D eigenvalue weighted by Crippen LogP contribution is -2.12. The number of hydrogen-bond donors (Lipinski definition) is 1. The Labute approximate surface area is 156 Å². The molecular formula is C19H19FN2O2S2. The van der Waals surface area contributed by atoms with E-state index in [2.05, 4.69) is 35.7 Å². The maximum Gasteiger partial charge on any atom is 0.263 e. The highest BCUT2D eigenvalue weighted by Gasteiger charge is 2.16. The average molecular weight is 391 g/mol. The molecule has 0 aliphatic rings. The molecule has 3 rings (SSSR count). The molecule has 0 saturated carbocycles. The molecule has 26 heavy (non-hydrogen) atoms. The number of thiazole rings is 1. The lowest BCUT2D eigenvalue weighted by Gasteiger charge is -2.06.